The molecule has 0 aliphatic carbocycles. The van der Waals surface area contributed by atoms with E-state index in [1.54, 1.807) is 4.90 Å². The zero-order chi connectivity index (χ0) is 16.4. The Morgan fingerprint density at radius 3 is 2.87 bits per heavy atom. The molecule has 0 saturated heterocycles. The summed E-state index contributed by atoms with van der Waals surface area (Å²) in [7, 11) is 0. The molecule has 2 aromatic rings. The number of halogens is 1. The largest absolute Gasteiger partial charge is 0.347 e. The Kier molecular flexibility index (Phi) is 4.94. The molecular formula is C16H15ClN2O2S2. The van der Waals surface area contributed by atoms with Gasteiger partial charge in [-0.05, 0) is 31.2 Å². The van der Waals surface area contributed by atoms with Crippen LogP contribution in [0.1, 0.15) is 17.8 Å². The van der Waals surface area contributed by atoms with Crippen molar-refractivity contribution in [2.24, 2.45) is 0 Å². The smallest absolute Gasteiger partial charge is 0.240 e. The van der Waals surface area contributed by atoms with Crippen molar-refractivity contribution in [1.29, 1.82) is 0 Å². The number of nitrogens with one attached hydrogen (secondary N) is 1. The van der Waals surface area contributed by atoms with Crippen LogP contribution in [0.4, 0.5) is 5.69 Å². The highest BCUT2D eigenvalue weighted by Crippen LogP contribution is 2.34. The number of anilines is 1. The van der Waals surface area contributed by atoms with E-state index in [0.717, 1.165) is 15.5 Å². The minimum Gasteiger partial charge on any atom is -0.347 e. The fraction of sp³-hybridized carbons (Fsp3) is 0.250. The summed E-state index contributed by atoms with van der Waals surface area (Å²) in [6.07, 6.45) is 0. The summed E-state index contributed by atoms with van der Waals surface area (Å²) in [4.78, 5) is 28.0. The molecule has 1 unspecified atom stereocenters. The van der Waals surface area contributed by atoms with Gasteiger partial charge in [-0.25, -0.2) is 0 Å². The van der Waals surface area contributed by atoms with Crippen LogP contribution in [0.3, 0.4) is 0 Å². The minimum atomic E-state index is -0.183. The molecule has 1 aliphatic rings. The number of rotatable bonds is 4. The van der Waals surface area contributed by atoms with E-state index < -0.39 is 0 Å². The predicted molar refractivity (Wildman–Crippen MR) is 95.4 cm³/mol. The van der Waals surface area contributed by atoms with Crippen LogP contribution in [0.25, 0.3) is 0 Å². The molecule has 3 rings (SSSR count). The highest BCUT2D eigenvalue weighted by atomic mass is 35.5. The normalized spacial score (nSPS) is 15.2. The second-order valence-corrected chi connectivity index (χ2v) is 7.93. The third-order valence-corrected chi connectivity index (χ3v) is 5.97. The maximum atomic E-state index is 12.3. The molecule has 0 saturated carbocycles. The minimum absolute atomic E-state index is 0.0276. The number of carbonyl (C=O) groups excluding carboxylic acids is 2. The molecule has 0 spiro atoms. The highest BCUT2D eigenvalue weighted by Gasteiger charge is 2.26. The summed E-state index contributed by atoms with van der Waals surface area (Å²) in [5.41, 5.74) is 0.802. The lowest BCUT2D eigenvalue weighted by Gasteiger charge is -2.28. The first-order valence-electron chi connectivity index (χ1n) is 7.11. The Morgan fingerprint density at radius 2 is 2.13 bits per heavy atom. The second-order valence-electron chi connectivity index (χ2n) is 5.17. The van der Waals surface area contributed by atoms with Crippen molar-refractivity contribution in [1.82, 2.24) is 5.32 Å². The van der Waals surface area contributed by atoms with E-state index in [0.29, 0.717) is 10.1 Å². The fourth-order valence-corrected chi connectivity index (χ4v) is 4.39. The van der Waals surface area contributed by atoms with E-state index in [-0.39, 0.29) is 24.4 Å². The number of hydrogen-bond donors (Lipinski definition) is 1. The van der Waals surface area contributed by atoms with Gasteiger partial charge in [0.25, 0.3) is 0 Å². The monoisotopic (exact) mass is 366 g/mol. The zero-order valence-electron chi connectivity index (χ0n) is 12.4. The number of thioether (sulfide) groups is 1. The predicted octanol–water partition coefficient (Wildman–Crippen LogP) is 3.72. The number of benzene rings is 1. The highest BCUT2D eigenvalue weighted by molar-refractivity contribution is 8.00. The van der Waals surface area contributed by atoms with Gasteiger partial charge in [0, 0.05) is 9.77 Å². The Labute approximate surface area is 147 Å². The molecule has 2 heterocycles. The van der Waals surface area contributed by atoms with Crippen molar-refractivity contribution < 1.29 is 9.59 Å². The number of thiophene rings is 1. The molecule has 0 fully saturated rings. The number of para-hydroxylation sites is 1. The molecule has 120 valence electrons. The molecule has 1 aromatic carbocycles. The first-order chi connectivity index (χ1) is 11.0. The Bertz CT molecular complexity index is 747. The van der Waals surface area contributed by atoms with Gasteiger partial charge in [-0.2, -0.15) is 0 Å². The summed E-state index contributed by atoms with van der Waals surface area (Å²) in [6, 6.07) is 11.2. The van der Waals surface area contributed by atoms with Gasteiger partial charge in [-0.1, -0.05) is 23.7 Å². The molecule has 1 aromatic heterocycles. The van der Waals surface area contributed by atoms with Gasteiger partial charge in [0.1, 0.15) is 6.54 Å². The number of fused-ring (bicyclic) bond motifs is 1. The molecule has 1 N–H and O–H groups in total. The molecule has 1 atom stereocenters. The maximum Gasteiger partial charge on any atom is 0.240 e. The fourth-order valence-electron chi connectivity index (χ4n) is 2.39. The van der Waals surface area contributed by atoms with Crippen LogP contribution in [0, 0.1) is 0 Å². The molecule has 23 heavy (non-hydrogen) atoms. The Morgan fingerprint density at radius 1 is 1.35 bits per heavy atom. The van der Waals surface area contributed by atoms with Crippen LogP contribution < -0.4 is 10.2 Å². The van der Waals surface area contributed by atoms with Gasteiger partial charge in [-0.3, -0.25) is 9.59 Å². The number of hydrogen-bond acceptors (Lipinski definition) is 4. The molecule has 7 heteroatoms. The first-order valence-corrected chi connectivity index (χ1v) is 9.29. The van der Waals surface area contributed by atoms with E-state index in [1.165, 1.54) is 23.1 Å². The van der Waals surface area contributed by atoms with Crippen LogP contribution in [0.5, 0.6) is 0 Å². The van der Waals surface area contributed by atoms with Gasteiger partial charge in [0.05, 0.1) is 21.8 Å². The average Bonchev–Trinajstić information content (AvgIpc) is 2.97. The van der Waals surface area contributed by atoms with Crippen LogP contribution in [0.2, 0.25) is 4.34 Å². The van der Waals surface area contributed by atoms with E-state index in [4.69, 9.17) is 11.6 Å². The van der Waals surface area contributed by atoms with Crippen molar-refractivity contribution in [2.45, 2.75) is 17.9 Å². The summed E-state index contributed by atoms with van der Waals surface area (Å²) in [5.74, 6) is 0.133. The van der Waals surface area contributed by atoms with E-state index in [1.807, 2.05) is 43.3 Å². The van der Waals surface area contributed by atoms with Gasteiger partial charge < -0.3 is 10.2 Å². The zero-order valence-corrected chi connectivity index (χ0v) is 14.8. The molecule has 0 bridgehead atoms. The molecular weight excluding hydrogens is 352 g/mol. The van der Waals surface area contributed by atoms with Crippen LogP contribution in [0.15, 0.2) is 41.3 Å². The van der Waals surface area contributed by atoms with Crippen molar-refractivity contribution >= 4 is 52.2 Å². The lowest BCUT2D eigenvalue weighted by atomic mass is 10.2. The Hall–Kier alpha value is -1.50. The van der Waals surface area contributed by atoms with Crippen molar-refractivity contribution in [3.05, 3.63) is 45.6 Å². The molecule has 2 amide bonds. The van der Waals surface area contributed by atoms with Crippen LogP contribution in [-0.2, 0) is 9.59 Å². The first kappa shape index (κ1) is 16.4. The number of amides is 2. The lowest BCUT2D eigenvalue weighted by molar-refractivity contribution is -0.123. The van der Waals surface area contributed by atoms with Gasteiger partial charge in [-0.15, -0.1) is 23.1 Å². The maximum absolute atomic E-state index is 12.3. The average molecular weight is 367 g/mol. The number of carbonyl (C=O) groups is 2. The summed E-state index contributed by atoms with van der Waals surface area (Å²) in [6.45, 7) is 1.93. The van der Waals surface area contributed by atoms with Gasteiger partial charge in [0.15, 0.2) is 0 Å². The molecule has 4 nitrogen and oxygen atoms in total. The third-order valence-electron chi connectivity index (χ3n) is 3.51. The van der Waals surface area contributed by atoms with Gasteiger partial charge in [0.2, 0.25) is 11.8 Å². The van der Waals surface area contributed by atoms with Crippen molar-refractivity contribution in [3.8, 4) is 0 Å². The SMILES string of the molecule is CC(NC(=O)CN1C(=O)CSc2ccccc21)c1ccc(Cl)s1. The Balaban J connectivity index is 1.69. The summed E-state index contributed by atoms with van der Waals surface area (Å²) in [5, 5.41) is 2.92. The topological polar surface area (TPSA) is 49.4 Å². The van der Waals surface area contributed by atoms with Crippen molar-refractivity contribution in [2.75, 3.05) is 17.2 Å². The summed E-state index contributed by atoms with van der Waals surface area (Å²) >= 11 is 8.87. The second kappa shape index (κ2) is 6.95. The van der Waals surface area contributed by atoms with Crippen molar-refractivity contribution in [3.63, 3.8) is 0 Å². The quantitative estimate of drug-likeness (QED) is 0.897. The standard InChI is InChI=1S/C16H15ClN2O2S2/c1-10(12-6-7-14(17)23-12)18-15(20)8-19-11-4-2-3-5-13(11)22-9-16(19)21/h2-7,10H,8-9H2,1H3,(H,18,20). The third kappa shape index (κ3) is 3.71. The number of nitrogens with zero attached hydrogens (tertiary/aromatic N) is 1. The molecule has 1 aliphatic heterocycles. The van der Waals surface area contributed by atoms with Gasteiger partial charge >= 0.3 is 0 Å². The summed E-state index contributed by atoms with van der Waals surface area (Å²) < 4.78 is 0.693. The van der Waals surface area contributed by atoms with Crippen LogP contribution >= 0.6 is 34.7 Å². The van der Waals surface area contributed by atoms with E-state index in [2.05, 4.69) is 5.32 Å². The molecule has 0 radical (unpaired) electrons. The van der Waals surface area contributed by atoms with E-state index >= 15 is 0 Å². The lowest BCUT2D eigenvalue weighted by Crippen LogP contribution is -2.43. The van der Waals surface area contributed by atoms with E-state index in [9.17, 15) is 9.59 Å². The van der Waals surface area contributed by atoms with Crippen LogP contribution in [-0.4, -0.2) is 24.1 Å².